The molecule has 0 amide bonds. The van der Waals surface area contributed by atoms with Crippen molar-refractivity contribution >= 4 is 27.6 Å². The maximum absolute atomic E-state index is 12.7. The average Bonchev–Trinajstić information content (AvgIpc) is 3.26. The third-order valence-corrected chi connectivity index (χ3v) is 11.9. The molecule has 0 rings (SSSR count). The molecule has 2 unspecified atom stereocenters. The van der Waals surface area contributed by atoms with E-state index in [-0.39, 0.29) is 25.7 Å². The molecule has 0 aliphatic rings. The number of aliphatic hydroxyl groups excluding tert-OH is 2. The van der Waals surface area contributed by atoms with Crippen LogP contribution in [0.25, 0.3) is 0 Å². The van der Waals surface area contributed by atoms with Crippen molar-refractivity contribution in [2.75, 3.05) is 26.4 Å². The van der Waals surface area contributed by atoms with E-state index in [2.05, 4.69) is 66.3 Å². The number of allylic oxidation sites excluding steroid dienone is 9. The summed E-state index contributed by atoms with van der Waals surface area (Å²) in [6, 6.07) is 0. The minimum absolute atomic E-state index is 0.0998. The van der Waals surface area contributed by atoms with Crippen LogP contribution >= 0.6 is 15.6 Å². The number of phosphoric ester groups is 2. The Hall–Kier alpha value is -2.22. The van der Waals surface area contributed by atoms with Gasteiger partial charge in [0.25, 0.3) is 0 Å². The van der Waals surface area contributed by atoms with Crippen LogP contribution in [0.5, 0.6) is 0 Å². The highest BCUT2D eigenvalue weighted by molar-refractivity contribution is 7.47. The number of carbonyl (C=O) groups excluding carboxylic acids is 2. The number of unbranched alkanes of at least 4 members (excludes halogenated alkanes) is 17. The summed E-state index contributed by atoms with van der Waals surface area (Å²) in [7, 11) is -9.76. The lowest BCUT2D eigenvalue weighted by atomic mass is 10.0. The lowest BCUT2D eigenvalue weighted by molar-refractivity contribution is -0.161. The van der Waals surface area contributed by atoms with Crippen LogP contribution in [0.4, 0.5) is 0 Å². The smallest absolute Gasteiger partial charge is 0.462 e. The van der Waals surface area contributed by atoms with Crippen LogP contribution in [0, 0.1) is 5.92 Å². The maximum atomic E-state index is 12.7. The molecule has 0 bridgehead atoms. The van der Waals surface area contributed by atoms with E-state index in [1.807, 2.05) is 12.2 Å². The quantitative estimate of drug-likeness (QED) is 0.0126. The van der Waals surface area contributed by atoms with Gasteiger partial charge in [-0.15, -0.1) is 0 Å². The van der Waals surface area contributed by atoms with Crippen LogP contribution in [0.1, 0.15) is 194 Å². The highest BCUT2D eigenvalue weighted by atomic mass is 31.2. The first-order valence-corrected chi connectivity index (χ1v) is 28.0. The molecule has 0 aromatic rings. The number of hydrogen-bond donors (Lipinski definition) is 5. The molecule has 16 heteroatoms. The number of phosphoric acid groups is 2. The van der Waals surface area contributed by atoms with Gasteiger partial charge in [0.2, 0.25) is 0 Å². The van der Waals surface area contributed by atoms with Crippen molar-refractivity contribution in [1.29, 1.82) is 0 Å². The van der Waals surface area contributed by atoms with Gasteiger partial charge in [-0.2, -0.15) is 0 Å². The zero-order chi connectivity index (χ0) is 49.0. The number of rotatable bonds is 46. The van der Waals surface area contributed by atoms with Gasteiger partial charge in [-0.3, -0.25) is 23.2 Å². The molecule has 0 aliphatic carbocycles. The number of hydrogen-bond acceptors (Lipinski definition) is 11. The third kappa shape index (κ3) is 48.2. The minimum atomic E-state index is -4.89. The molecule has 0 saturated carbocycles. The summed E-state index contributed by atoms with van der Waals surface area (Å²) >= 11 is 0. The molecule has 0 aromatic heterocycles. The van der Waals surface area contributed by atoms with Crippen LogP contribution in [0.2, 0.25) is 0 Å². The molecule has 384 valence electrons. The van der Waals surface area contributed by atoms with Gasteiger partial charge in [-0.25, -0.2) is 9.13 Å². The molecule has 0 aliphatic heterocycles. The van der Waals surface area contributed by atoms with Gasteiger partial charge >= 0.3 is 27.6 Å². The molecule has 0 saturated heterocycles. The molecule has 5 N–H and O–H groups in total. The highest BCUT2D eigenvalue weighted by Gasteiger charge is 2.28. The number of esters is 2. The molecule has 14 nitrogen and oxygen atoms in total. The van der Waals surface area contributed by atoms with Gasteiger partial charge in [-0.05, 0) is 50.9 Å². The van der Waals surface area contributed by atoms with E-state index in [4.69, 9.17) is 23.8 Å². The predicted octanol–water partition coefficient (Wildman–Crippen LogP) is 12.4. The van der Waals surface area contributed by atoms with Crippen LogP contribution in [-0.4, -0.2) is 81.6 Å². The fraction of sp³-hybridized carbons (Fsp3) is 0.760. The fourth-order valence-electron chi connectivity index (χ4n) is 6.68. The monoisotopic (exact) mass is 977 g/mol. The van der Waals surface area contributed by atoms with Gasteiger partial charge in [-0.1, -0.05) is 197 Å². The Labute approximate surface area is 398 Å². The van der Waals surface area contributed by atoms with E-state index in [0.717, 1.165) is 50.9 Å². The molecule has 0 heterocycles. The topological polar surface area (TPSA) is 216 Å². The Bertz CT molecular complexity index is 1420. The summed E-state index contributed by atoms with van der Waals surface area (Å²) in [6.45, 7) is 3.80. The summed E-state index contributed by atoms with van der Waals surface area (Å²) in [5.41, 5.74) is 0. The normalized spacial score (nSPS) is 14.9. The second-order valence-corrected chi connectivity index (χ2v) is 20.1. The Balaban J connectivity index is 4.55. The van der Waals surface area contributed by atoms with Gasteiger partial charge in [0.15, 0.2) is 6.10 Å². The first-order chi connectivity index (χ1) is 31.6. The van der Waals surface area contributed by atoms with Gasteiger partial charge in [0.1, 0.15) is 12.7 Å². The molecular weight excluding hydrogens is 886 g/mol. The molecule has 0 radical (unpaired) electrons. The minimum Gasteiger partial charge on any atom is -0.462 e. The molecule has 0 spiro atoms. The largest absolute Gasteiger partial charge is 0.472 e. The lowest BCUT2D eigenvalue weighted by Crippen LogP contribution is -2.30. The lowest BCUT2D eigenvalue weighted by Gasteiger charge is -2.20. The molecule has 0 fully saturated rings. The Morgan fingerprint density at radius 2 is 0.970 bits per heavy atom. The van der Waals surface area contributed by atoms with Gasteiger partial charge in [0.05, 0.1) is 25.9 Å². The van der Waals surface area contributed by atoms with E-state index in [1.165, 1.54) is 96.3 Å². The Kier molecular flexibility index (Phi) is 42.5. The second-order valence-electron chi connectivity index (χ2n) is 17.4. The molecule has 4 atom stereocenters. The van der Waals surface area contributed by atoms with Crippen molar-refractivity contribution in [3.8, 4) is 0 Å². The van der Waals surface area contributed by atoms with Gasteiger partial charge in [0, 0.05) is 12.8 Å². The Morgan fingerprint density at radius 1 is 0.515 bits per heavy atom. The summed E-state index contributed by atoms with van der Waals surface area (Å²) in [5, 5.41) is 20.1. The van der Waals surface area contributed by atoms with E-state index < -0.39 is 72.3 Å². The average molecular weight is 977 g/mol. The van der Waals surface area contributed by atoms with Gasteiger partial charge < -0.3 is 34.4 Å². The van der Waals surface area contributed by atoms with Crippen LogP contribution in [-0.2, 0) is 41.8 Å². The zero-order valence-corrected chi connectivity index (χ0v) is 42.6. The van der Waals surface area contributed by atoms with Crippen LogP contribution < -0.4 is 0 Å². The number of carbonyl (C=O) groups is 2. The number of ether oxygens (including phenoxy) is 2. The fourth-order valence-corrected chi connectivity index (χ4v) is 7.84. The number of aliphatic hydroxyl groups is 2. The standard InChI is InChI=1S/C50H90O14P2/c1-4-5-6-7-8-9-10-17-21-24-27-30-33-37-46(51)38-35-40-50(54)64-48(44-63-66(58,59)62-42-47(52)41-61-65(55,56)57)43-60-49(53)39-34-31-28-25-22-19-16-14-12-11-13-15-18-20-23-26-29-32-36-45(2)3/h5-6,8-9,17,21,27,30,33,37,45-48,51-52H,4,7,10-16,18-20,22-26,28-29,31-32,34-36,38-44H2,1-3H3,(H,58,59)(H2,55,56,57)/b6-5-,9-8-,21-17-,30-27-,37-33+/t46?,47-,48+/m0/s1. The first-order valence-electron chi connectivity index (χ1n) is 24.9. The van der Waals surface area contributed by atoms with Crippen molar-refractivity contribution in [1.82, 2.24) is 0 Å². The summed E-state index contributed by atoms with van der Waals surface area (Å²) in [4.78, 5) is 52.9. The first kappa shape index (κ1) is 63.8. The van der Waals surface area contributed by atoms with Crippen molar-refractivity contribution < 1.29 is 66.7 Å². The van der Waals surface area contributed by atoms with Crippen LogP contribution in [0.3, 0.4) is 0 Å². The summed E-state index contributed by atoms with van der Waals surface area (Å²) in [6.07, 6.45) is 43.9. The van der Waals surface area contributed by atoms with E-state index in [1.54, 1.807) is 12.2 Å². The zero-order valence-electron chi connectivity index (χ0n) is 40.8. The van der Waals surface area contributed by atoms with Crippen LogP contribution in [0.15, 0.2) is 60.8 Å². The summed E-state index contributed by atoms with van der Waals surface area (Å²) < 4.78 is 47.8. The molecular formula is C50H90O14P2. The molecule has 0 aromatic carbocycles. The van der Waals surface area contributed by atoms with Crippen molar-refractivity contribution in [3.05, 3.63) is 60.8 Å². The summed E-state index contributed by atoms with van der Waals surface area (Å²) in [5.74, 6) is -0.404. The van der Waals surface area contributed by atoms with Crippen molar-refractivity contribution in [2.45, 2.75) is 212 Å². The Morgan fingerprint density at radius 3 is 1.48 bits per heavy atom. The van der Waals surface area contributed by atoms with E-state index in [9.17, 15) is 33.8 Å². The van der Waals surface area contributed by atoms with E-state index >= 15 is 0 Å². The predicted molar refractivity (Wildman–Crippen MR) is 263 cm³/mol. The van der Waals surface area contributed by atoms with E-state index in [0.29, 0.717) is 6.42 Å². The van der Waals surface area contributed by atoms with Crippen molar-refractivity contribution in [3.63, 3.8) is 0 Å². The second kappa shape index (κ2) is 44.0. The SMILES string of the molecule is CC/C=C\C/C=C\C/C=C\C/C=C\C=C\C(O)CCCC(=O)O[C@H](COC(=O)CCCCCCCCCCCCCCCCCCCCC(C)C)COP(=O)(O)OC[C@@H](O)COP(=O)(O)O. The van der Waals surface area contributed by atoms with Crippen molar-refractivity contribution in [2.24, 2.45) is 5.92 Å². The third-order valence-electron chi connectivity index (χ3n) is 10.4. The molecule has 66 heavy (non-hydrogen) atoms. The highest BCUT2D eigenvalue weighted by Crippen LogP contribution is 2.44. The maximum Gasteiger partial charge on any atom is 0.472 e.